The molecule has 0 spiro atoms. The standard InChI is InChI=1S/C9H7ClF2O/c1-5-7(9(13)4-10)2-6(11)3-8(5)12/h2-3H,4H2,1H3. The van der Waals surface area contributed by atoms with Crippen LogP contribution in [0.4, 0.5) is 8.78 Å². The molecule has 0 unspecified atom stereocenters. The Hall–Kier alpha value is -0.960. The topological polar surface area (TPSA) is 17.1 Å². The molecule has 0 fully saturated rings. The predicted octanol–water partition coefficient (Wildman–Crippen LogP) is 2.69. The molecule has 0 amide bonds. The van der Waals surface area contributed by atoms with Crippen LogP contribution in [0.1, 0.15) is 15.9 Å². The van der Waals surface area contributed by atoms with Crippen molar-refractivity contribution in [2.24, 2.45) is 0 Å². The van der Waals surface area contributed by atoms with Gasteiger partial charge in [-0.05, 0) is 18.6 Å². The molecule has 0 aromatic heterocycles. The summed E-state index contributed by atoms with van der Waals surface area (Å²) in [5.74, 6) is -2.24. The molecule has 1 aromatic rings. The van der Waals surface area contributed by atoms with E-state index in [4.69, 9.17) is 11.6 Å². The second kappa shape index (κ2) is 3.83. The molecule has 0 atom stereocenters. The van der Waals surface area contributed by atoms with E-state index in [1.54, 1.807) is 0 Å². The Kier molecular flexibility index (Phi) is 2.98. The van der Waals surface area contributed by atoms with Crippen LogP contribution < -0.4 is 0 Å². The maximum absolute atomic E-state index is 12.9. The quantitative estimate of drug-likeness (QED) is 0.535. The van der Waals surface area contributed by atoms with Crippen molar-refractivity contribution < 1.29 is 13.6 Å². The molecule has 0 heterocycles. The predicted molar refractivity (Wildman–Crippen MR) is 46.1 cm³/mol. The van der Waals surface area contributed by atoms with E-state index in [0.717, 1.165) is 12.1 Å². The van der Waals surface area contributed by atoms with Crippen molar-refractivity contribution >= 4 is 17.4 Å². The zero-order valence-electron chi connectivity index (χ0n) is 6.90. The monoisotopic (exact) mass is 204 g/mol. The molecule has 0 saturated carbocycles. The second-order valence-corrected chi connectivity index (χ2v) is 2.88. The number of hydrogen-bond acceptors (Lipinski definition) is 1. The average Bonchev–Trinajstić information content (AvgIpc) is 2.10. The van der Waals surface area contributed by atoms with Crippen molar-refractivity contribution in [1.29, 1.82) is 0 Å². The second-order valence-electron chi connectivity index (χ2n) is 2.62. The number of alkyl halides is 1. The highest BCUT2D eigenvalue weighted by molar-refractivity contribution is 6.30. The van der Waals surface area contributed by atoms with Gasteiger partial charge in [0.25, 0.3) is 0 Å². The first-order chi connectivity index (χ1) is 6.06. The third-order valence-electron chi connectivity index (χ3n) is 1.73. The molecule has 0 bridgehead atoms. The highest BCUT2D eigenvalue weighted by Crippen LogP contribution is 2.15. The van der Waals surface area contributed by atoms with Crippen LogP contribution in [0.15, 0.2) is 12.1 Å². The molecule has 0 aliphatic rings. The summed E-state index contributed by atoms with van der Waals surface area (Å²) in [7, 11) is 0. The Morgan fingerprint density at radius 2 is 2.08 bits per heavy atom. The highest BCUT2D eigenvalue weighted by Gasteiger charge is 2.12. The fraction of sp³-hybridized carbons (Fsp3) is 0.222. The lowest BCUT2D eigenvalue weighted by Crippen LogP contribution is -2.05. The molecule has 1 nitrogen and oxygen atoms in total. The highest BCUT2D eigenvalue weighted by atomic mass is 35.5. The SMILES string of the molecule is Cc1c(F)cc(F)cc1C(=O)CCl. The fourth-order valence-corrected chi connectivity index (χ4v) is 1.15. The Morgan fingerprint density at radius 3 is 2.62 bits per heavy atom. The van der Waals surface area contributed by atoms with Crippen molar-refractivity contribution in [1.82, 2.24) is 0 Å². The smallest absolute Gasteiger partial charge is 0.178 e. The van der Waals surface area contributed by atoms with Gasteiger partial charge in [0.05, 0.1) is 5.88 Å². The van der Waals surface area contributed by atoms with Gasteiger partial charge < -0.3 is 0 Å². The van der Waals surface area contributed by atoms with E-state index in [9.17, 15) is 13.6 Å². The number of carbonyl (C=O) groups excluding carboxylic acids is 1. The Morgan fingerprint density at radius 1 is 1.46 bits per heavy atom. The molecule has 1 rings (SSSR count). The molecule has 0 radical (unpaired) electrons. The minimum absolute atomic E-state index is 0.00694. The molecule has 13 heavy (non-hydrogen) atoms. The molecule has 1 aromatic carbocycles. The van der Waals surface area contributed by atoms with Crippen LogP contribution in [0.5, 0.6) is 0 Å². The van der Waals surface area contributed by atoms with E-state index in [2.05, 4.69) is 0 Å². The number of hydrogen-bond donors (Lipinski definition) is 0. The van der Waals surface area contributed by atoms with Crippen molar-refractivity contribution in [3.63, 3.8) is 0 Å². The Labute approximate surface area is 79.3 Å². The normalized spacial score (nSPS) is 10.2. The molecule has 0 aliphatic carbocycles. The van der Waals surface area contributed by atoms with Gasteiger partial charge in [-0.15, -0.1) is 11.6 Å². The van der Waals surface area contributed by atoms with Crippen molar-refractivity contribution in [3.8, 4) is 0 Å². The Bertz CT molecular complexity index is 350. The summed E-state index contributed by atoms with van der Waals surface area (Å²) in [6.07, 6.45) is 0. The first kappa shape index (κ1) is 10.1. The van der Waals surface area contributed by atoms with Crippen molar-refractivity contribution in [3.05, 3.63) is 34.9 Å². The maximum Gasteiger partial charge on any atom is 0.178 e. The molecule has 0 N–H and O–H groups in total. The van der Waals surface area contributed by atoms with Gasteiger partial charge in [-0.2, -0.15) is 0 Å². The largest absolute Gasteiger partial charge is 0.293 e. The van der Waals surface area contributed by atoms with Crippen LogP contribution >= 0.6 is 11.6 Å². The summed E-state index contributed by atoms with van der Waals surface area (Å²) >= 11 is 5.27. The van der Waals surface area contributed by atoms with Gasteiger partial charge in [-0.25, -0.2) is 8.78 Å². The number of rotatable bonds is 2. The van der Waals surface area contributed by atoms with E-state index in [0.29, 0.717) is 0 Å². The third kappa shape index (κ3) is 2.04. The zero-order valence-corrected chi connectivity index (χ0v) is 7.66. The first-order valence-electron chi connectivity index (χ1n) is 3.61. The molecule has 70 valence electrons. The number of carbonyl (C=O) groups is 1. The fourth-order valence-electron chi connectivity index (χ4n) is 1.01. The third-order valence-corrected chi connectivity index (χ3v) is 1.97. The van der Waals surface area contributed by atoms with E-state index in [-0.39, 0.29) is 17.0 Å². The lowest BCUT2D eigenvalue weighted by Gasteiger charge is -2.03. The summed E-state index contributed by atoms with van der Waals surface area (Å²) in [4.78, 5) is 11.1. The number of Topliss-reactive ketones (excluding diaryl/α,β-unsaturated/α-hetero) is 1. The van der Waals surface area contributed by atoms with E-state index < -0.39 is 17.4 Å². The van der Waals surface area contributed by atoms with Crippen LogP contribution in [0.2, 0.25) is 0 Å². The Balaban J connectivity index is 3.28. The van der Waals surface area contributed by atoms with Crippen LogP contribution in [0, 0.1) is 18.6 Å². The summed E-state index contributed by atoms with van der Waals surface area (Å²) in [6.45, 7) is 1.41. The van der Waals surface area contributed by atoms with E-state index in [1.165, 1.54) is 6.92 Å². The van der Waals surface area contributed by atoms with Crippen molar-refractivity contribution in [2.45, 2.75) is 6.92 Å². The number of halogens is 3. The number of ketones is 1. The lowest BCUT2D eigenvalue weighted by molar-refractivity contribution is 0.101. The summed E-state index contributed by atoms with van der Waals surface area (Å²) < 4.78 is 25.6. The number of benzene rings is 1. The van der Waals surface area contributed by atoms with Crippen LogP contribution in [0.3, 0.4) is 0 Å². The minimum Gasteiger partial charge on any atom is -0.293 e. The van der Waals surface area contributed by atoms with Gasteiger partial charge in [0.1, 0.15) is 11.6 Å². The minimum atomic E-state index is -0.767. The lowest BCUT2D eigenvalue weighted by atomic mass is 10.1. The molecular formula is C9H7ClF2O. The molecule has 4 heteroatoms. The summed E-state index contributed by atoms with van der Waals surface area (Å²) in [5, 5.41) is 0. The van der Waals surface area contributed by atoms with Gasteiger partial charge in [-0.3, -0.25) is 4.79 Å². The molecule has 0 saturated heterocycles. The molecule has 0 aliphatic heterocycles. The van der Waals surface area contributed by atoms with Gasteiger partial charge in [0, 0.05) is 11.6 Å². The van der Waals surface area contributed by atoms with Crippen LogP contribution in [-0.4, -0.2) is 11.7 Å². The van der Waals surface area contributed by atoms with Gasteiger partial charge in [-0.1, -0.05) is 0 Å². The zero-order chi connectivity index (χ0) is 10.0. The van der Waals surface area contributed by atoms with E-state index in [1.807, 2.05) is 0 Å². The van der Waals surface area contributed by atoms with Gasteiger partial charge >= 0.3 is 0 Å². The van der Waals surface area contributed by atoms with Crippen molar-refractivity contribution in [2.75, 3.05) is 5.88 Å². The first-order valence-corrected chi connectivity index (χ1v) is 4.14. The van der Waals surface area contributed by atoms with Crippen LogP contribution in [-0.2, 0) is 0 Å². The van der Waals surface area contributed by atoms with Gasteiger partial charge in [0.15, 0.2) is 5.78 Å². The van der Waals surface area contributed by atoms with E-state index >= 15 is 0 Å². The molecular weight excluding hydrogens is 198 g/mol. The summed E-state index contributed by atoms with van der Waals surface area (Å²) in [5.41, 5.74) is 0.138. The maximum atomic E-state index is 12.9. The van der Waals surface area contributed by atoms with Crippen LogP contribution in [0.25, 0.3) is 0 Å². The van der Waals surface area contributed by atoms with Gasteiger partial charge in [0.2, 0.25) is 0 Å². The summed E-state index contributed by atoms with van der Waals surface area (Å²) in [6, 6.07) is 1.73. The average molecular weight is 205 g/mol.